The molecule has 0 spiro atoms. The van der Waals surface area contributed by atoms with Crippen molar-refractivity contribution in [2.75, 3.05) is 0 Å². The third-order valence-corrected chi connectivity index (χ3v) is 4.25. The summed E-state index contributed by atoms with van der Waals surface area (Å²) in [6.45, 7) is 0.569. The van der Waals surface area contributed by atoms with E-state index in [0.29, 0.717) is 6.61 Å². The Morgan fingerprint density at radius 2 is 1.56 bits per heavy atom. The van der Waals surface area contributed by atoms with Gasteiger partial charge in [-0.3, -0.25) is 0 Å². The summed E-state index contributed by atoms with van der Waals surface area (Å²) in [5.41, 5.74) is 2.37. The van der Waals surface area contributed by atoms with Crippen LogP contribution < -0.4 is 4.74 Å². The van der Waals surface area contributed by atoms with Crippen LogP contribution in [0.5, 0.6) is 5.75 Å². The molecule has 0 N–H and O–H groups in total. The molecule has 0 aromatic heterocycles. The highest BCUT2D eigenvalue weighted by Crippen LogP contribution is 2.27. The molecule has 0 saturated carbocycles. The smallest absolute Gasteiger partial charge is 0.134 e. The molecule has 0 aliphatic rings. The molecular weight excluding hydrogens is 424 g/mol. The predicted molar refractivity (Wildman–Crippen MR) is 85.2 cm³/mol. The number of rotatable bonds is 4. The molecule has 2 aromatic carbocycles. The molecule has 18 heavy (non-hydrogen) atoms. The average Bonchev–Trinajstić information content (AvgIpc) is 2.39. The highest BCUT2D eigenvalue weighted by atomic mass is 79.9. The van der Waals surface area contributed by atoms with Gasteiger partial charge in [0.2, 0.25) is 0 Å². The quantitative estimate of drug-likeness (QED) is 0.562. The van der Waals surface area contributed by atoms with Gasteiger partial charge in [-0.25, -0.2) is 0 Å². The molecule has 0 unspecified atom stereocenters. The predicted octanol–water partition coefficient (Wildman–Crippen LogP) is 5.69. The van der Waals surface area contributed by atoms with Crippen LogP contribution in [0.3, 0.4) is 0 Å². The Morgan fingerprint density at radius 1 is 0.889 bits per heavy atom. The number of ether oxygens (including phenoxy) is 1. The molecule has 0 atom stereocenters. The van der Waals surface area contributed by atoms with Gasteiger partial charge < -0.3 is 4.74 Å². The van der Waals surface area contributed by atoms with Gasteiger partial charge in [0.1, 0.15) is 12.4 Å². The fourth-order valence-electron chi connectivity index (χ4n) is 1.49. The van der Waals surface area contributed by atoms with E-state index in [1.165, 1.54) is 5.56 Å². The van der Waals surface area contributed by atoms with Crippen LogP contribution >= 0.6 is 47.8 Å². The lowest BCUT2D eigenvalue weighted by atomic mass is 10.2. The van der Waals surface area contributed by atoms with Crippen LogP contribution in [-0.4, -0.2) is 0 Å². The molecule has 0 fully saturated rings. The van der Waals surface area contributed by atoms with E-state index in [1.54, 1.807) is 0 Å². The maximum absolute atomic E-state index is 5.78. The summed E-state index contributed by atoms with van der Waals surface area (Å²) < 4.78 is 7.85. The van der Waals surface area contributed by atoms with Gasteiger partial charge in [0.05, 0.1) is 4.47 Å². The lowest BCUT2D eigenvalue weighted by Crippen LogP contribution is -1.96. The topological polar surface area (TPSA) is 9.23 Å². The van der Waals surface area contributed by atoms with Gasteiger partial charge in [-0.1, -0.05) is 50.1 Å². The fraction of sp³-hybridized carbons (Fsp3) is 0.143. The first-order valence-electron chi connectivity index (χ1n) is 5.40. The summed E-state index contributed by atoms with van der Waals surface area (Å²) in [6, 6.07) is 14.2. The van der Waals surface area contributed by atoms with Crippen molar-refractivity contribution >= 4 is 47.8 Å². The van der Waals surface area contributed by atoms with Crippen LogP contribution in [0.15, 0.2) is 51.4 Å². The Hall–Kier alpha value is -0.320. The van der Waals surface area contributed by atoms with Gasteiger partial charge >= 0.3 is 0 Å². The number of alkyl halides is 1. The van der Waals surface area contributed by atoms with Gasteiger partial charge in [-0.15, -0.1) is 0 Å². The molecular formula is C14H11Br3O. The monoisotopic (exact) mass is 432 g/mol. The maximum atomic E-state index is 5.78. The van der Waals surface area contributed by atoms with Gasteiger partial charge in [0.15, 0.2) is 0 Å². The molecule has 1 nitrogen and oxygen atoms in total. The van der Waals surface area contributed by atoms with Crippen molar-refractivity contribution in [1.82, 2.24) is 0 Å². The van der Waals surface area contributed by atoms with Crippen LogP contribution in [0.1, 0.15) is 11.1 Å². The van der Waals surface area contributed by atoms with E-state index in [9.17, 15) is 0 Å². The SMILES string of the molecule is BrCc1ccc(OCc2ccc(Br)cc2)c(Br)c1. The first-order valence-corrected chi connectivity index (χ1v) is 8.11. The summed E-state index contributed by atoms with van der Waals surface area (Å²) in [5, 5.41) is 0.846. The van der Waals surface area contributed by atoms with Gasteiger partial charge in [0.25, 0.3) is 0 Å². The third kappa shape index (κ3) is 3.84. The van der Waals surface area contributed by atoms with E-state index in [2.05, 4.69) is 59.9 Å². The molecule has 4 heteroatoms. The second kappa shape index (κ2) is 6.73. The van der Waals surface area contributed by atoms with Crippen LogP contribution in [0.25, 0.3) is 0 Å². The highest BCUT2D eigenvalue weighted by Gasteiger charge is 2.03. The molecule has 94 valence electrons. The Balaban J connectivity index is 2.04. The summed E-state index contributed by atoms with van der Waals surface area (Å²) in [6.07, 6.45) is 0. The second-order valence-electron chi connectivity index (χ2n) is 3.81. The van der Waals surface area contributed by atoms with Gasteiger partial charge in [0, 0.05) is 9.80 Å². The minimum Gasteiger partial charge on any atom is -0.488 e. The Bertz CT molecular complexity index is 523. The van der Waals surface area contributed by atoms with E-state index >= 15 is 0 Å². The summed E-state index contributed by atoms with van der Waals surface area (Å²) >= 11 is 10.4. The summed E-state index contributed by atoms with van der Waals surface area (Å²) in [7, 11) is 0. The number of halogens is 3. The molecule has 0 bridgehead atoms. The van der Waals surface area contributed by atoms with Crippen molar-refractivity contribution in [2.45, 2.75) is 11.9 Å². The first kappa shape index (κ1) is 14.1. The Labute approximate surface area is 132 Å². The minimum atomic E-state index is 0.569. The van der Waals surface area contributed by atoms with E-state index in [4.69, 9.17) is 4.74 Å². The summed E-state index contributed by atoms with van der Waals surface area (Å²) in [4.78, 5) is 0. The third-order valence-electron chi connectivity index (χ3n) is 2.46. The van der Waals surface area contributed by atoms with Crippen molar-refractivity contribution in [3.63, 3.8) is 0 Å². The first-order chi connectivity index (χ1) is 8.69. The molecule has 0 aliphatic heterocycles. The van der Waals surface area contributed by atoms with Crippen molar-refractivity contribution in [2.24, 2.45) is 0 Å². The number of hydrogen-bond donors (Lipinski definition) is 0. The minimum absolute atomic E-state index is 0.569. The molecule has 0 saturated heterocycles. The van der Waals surface area contributed by atoms with E-state index in [1.807, 2.05) is 30.3 Å². The zero-order valence-electron chi connectivity index (χ0n) is 9.50. The van der Waals surface area contributed by atoms with Crippen molar-refractivity contribution in [1.29, 1.82) is 0 Å². The molecule has 0 amide bonds. The Morgan fingerprint density at radius 3 is 2.17 bits per heavy atom. The zero-order valence-corrected chi connectivity index (χ0v) is 14.3. The Kier molecular flexibility index (Phi) is 5.27. The average molecular weight is 435 g/mol. The normalized spacial score (nSPS) is 10.4. The molecule has 0 radical (unpaired) electrons. The van der Waals surface area contributed by atoms with Crippen LogP contribution in [-0.2, 0) is 11.9 Å². The number of benzene rings is 2. The van der Waals surface area contributed by atoms with Crippen molar-refractivity contribution < 1.29 is 4.74 Å². The van der Waals surface area contributed by atoms with Crippen LogP contribution in [0, 0.1) is 0 Å². The second-order valence-corrected chi connectivity index (χ2v) is 6.14. The molecule has 0 heterocycles. The van der Waals surface area contributed by atoms with E-state index in [0.717, 1.165) is 25.6 Å². The van der Waals surface area contributed by atoms with Gasteiger partial charge in [-0.2, -0.15) is 0 Å². The zero-order chi connectivity index (χ0) is 13.0. The standard InChI is InChI=1S/C14H11Br3O/c15-8-11-3-6-14(13(17)7-11)18-9-10-1-4-12(16)5-2-10/h1-7H,8-9H2. The van der Waals surface area contributed by atoms with Gasteiger partial charge in [-0.05, 0) is 51.3 Å². The van der Waals surface area contributed by atoms with E-state index in [-0.39, 0.29) is 0 Å². The maximum Gasteiger partial charge on any atom is 0.134 e. The fourth-order valence-corrected chi connectivity index (χ4v) is 2.64. The van der Waals surface area contributed by atoms with Crippen molar-refractivity contribution in [3.8, 4) is 5.75 Å². The highest BCUT2D eigenvalue weighted by molar-refractivity contribution is 9.11. The van der Waals surface area contributed by atoms with Crippen LogP contribution in [0.4, 0.5) is 0 Å². The molecule has 2 rings (SSSR count). The lowest BCUT2D eigenvalue weighted by molar-refractivity contribution is 0.304. The lowest BCUT2D eigenvalue weighted by Gasteiger charge is -2.09. The number of hydrogen-bond acceptors (Lipinski definition) is 1. The molecule has 0 aliphatic carbocycles. The van der Waals surface area contributed by atoms with E-state index < -0.39 is 0 Å². The molecule has 2 aromatic rings. The largest absolute Gasteiger partial charge is 0.488 e. The van der Waals surface area contributed by atoms with Crippen molar-refractivity contribution in [3.05, 3.63) is 62.5 Å². The summed E-state index contributed by atoms with van der Waals surface area (Å²) in [5.74, 6) is 0.864. The van der Waals surface area contributed by atoms with Crippen LogP contribution in [0.2, 0.25) is 0 Å².